The van der Waals surface area contributed by atoms with Gasteiger partial charge in [-0.1, -0.05) is 11.6 Å². The molecule has 1 N–H and O–H groups in total. The first-order valence-electron chi connectivity index (χ1n) is 9.02. The molecule has 1 aliphatic rings. The molecule has 0 bridgehead atoms. The van der Waals surface area contributed by atoms with Crippen LogP contribution in [0.2, 0.25) is 4.34 Å². The van der Waals surface area contributed by atoms with Crippen molar-refractivity contribution in [2.24, 2.45) is 0 Å². The number of hydrogen-bond donors (Lipinski definition) is 1. The quantitative estimate of drug-likeness (QED) is 0.453. The Morgan fingerprint density at radius 3 is 2.69 bits per heavy atom. The summed E-state index contributed by atoms with van der Waals surface area (Å²) in [6, 6.07) is 6.74. The lowest BCUT2D eigenvalue weighted by Crippen LogP contribution is -2.14. The second-order valence-electron chi connectivity index (χ2n) is 6.69. The SMILES string of the molecule is O=S(=O)(Nc1nc(-c2cccnc2)nc2sc3c(c12)CCCC3)c1ccc(Cl)s1. The Kier molecular flexibility index (Phi) is 4.78. The predicted molar refractivity (Wildman–Crippen MR) is 117 cm³/mol. The molecule has 4 heterocycles. The zero-order valence-electron chi connectivity index (χ0n) is 15.1. The number of aryl methyl sites for hydroxylation is 2. The van der Waals surface area contributed by atoms with Gasteiger partial charge in [-0.2, -0.15) is 0 Å². The number of fused-ring (bicyclic) bond motifs is 3. The molecule has 0 spiro atoms. The maximum atomic E-state index is 13.0. The van der Waals surface area contributed by atoms with Crippen LogP contribution in [0.3, 0.4) is 0 Å². The molecule has 0 unspecified atom stereocenters. The first-order chi connectivity index (χ1) is 14.0. The molecule has 4 aromatic heterocycles. The van der Waals surface area contributed by atoms with Gasteiger partial charge in [-0.05, 0) is 55.5 Å². The summed E-state index contributed by atoms with van der Waals surface area (Å²) >= 11 is 8.58. The van der Waals surface area contributed by atoms with Crippen LogP contribution in [0.5, 0.6) is 0 Å². The van der Waals surface area contributed by atoms with Crippen molar-refractivity contribution in [2.45, 2.75) is 29.9 Å². The maximum Gasteiger partial charge on any atom is 0.272 e. The Morgan fingerprint density at radius 1 is 1.07 bits per heavy atom. The number of hydrogen-bond acceptors (Lipinski definition) is 7. The smallest absolute Gasteiger partial charge is 0.264 e. The van der Waals surface area contributed by atoms with Gasteiger partial charge >= 0.3 is 0 Å². The Morgan fingerprint density at radius 2 is 1.93 bits per heavy atom. The van der Waals surface area contributed by atoms with Crippen LogP contribution in [-0.4, -0.2) is 23.4 Å². The lowest BCUT2D eigenvalue weighted by Gasteiger charge is -2.13. The van der Waals surface area contributed by atoms with E-state index in [9.17, 15) is 8.42 Å². The minimum atomic E-state index is -3.80. The maximum absolute atomic E-state index is 13.0. The van der Waals surface area contributed by atoms with Crippen LogP contribution in [-0.2, 0) is 22.9 Å². The normalized spacial score (nSPS) is 14.1. The number of nitrogens with one attached hydrogen (secondary N) is 1. The molecule has 0 fully saturated rings. The second-order valence-corrected chi connectivity index (χ2v) is 11.4. The summed E-state index contributed by atoms with van der Waals surface area (Å²) in [6.45, 7) is 0. The van der Waals surface area contributed by atoms with Gasteiger partial charge in [0.2, 0.25) is 0 Å². The van der Waals surface area contributed by atoms with Crippen molar-refractivity contribution in [3.05, 3.63) is 51.4 Å². The highest BCUT2D eigenvalue weighted by atomic mass is 35.5. The number of rotatable bonds is 4. The zero-order valence-corrected chi connectivity index (χ0v) is 18.3. The molecular weight excluding hydrogens is 448 g/mol. The molecule has 0 aliphatic heterocycles. The number of sulfonamides is 1. The van der Waals surface area contributed by atoms with Gasteiger partial charge in [-0.25, -0.2) is 18.4 Å². The lowest BCUT2D eigenvalue weighted by molar-refractivity contribution is 0.603. The number of aromatic nitrogens is 3. The van der Waals surface area contributed by atoms with E-state index in [1.54, 1.807) is 35.9 Å². The highest BCUT2D eigenvalue weighted by molar-refractivity contribution is 7.94. The third kappa shape index (κ3) is 3.52. The van der Waals surface area contributed by atoms with Gasteiger partial charge < -0.3 is 0 Å². The first-order valence-corrected chi connectivity index (χ1v) is 12.5. The van der Waals surface area contributed by atoms with E-state index in [-0.39, 0.29) is 4.21 Å². The summed E-state index contributed by atoms with van der Waals surface area (Å²) in [7, 11) is -3.80. The molecule has 10 heteroatoms. The zero-order chi connectivity index (χ0) is 20.0. The molecule has 1 aliphatic carbocycles. The molecule has 0 saturated heterocycles. The Labute approximate surface area is 180 Å². The van der Waals surface area contributed by atoms with Gasteiger partial charge in [0, 0.05) is 22.8 Å². The number of pyridine rings is 1. The minimum absolute atomic E-state index is 0.154. The van der Waals surface area contributed by atoms with Crippen LogP contribution in [0.15, 0.2) is 40.9 Å². The molecule has 0 atom stereocenters. The van der Waals surface area contributed by atoms with Gasteiger partial charge in [0.1, 0.15) is 9.04 Å². The minimum Gasteiger partial charge on any atom is -0.264 e. The third-order valence-corrected chi connectivity index (χ3v) is 9.03. The van der Waals surface area contributed by atoms with Crippen LogP contribution in [0.1, 0.15) is 23.3 Å². The van der Waals surface area contributed by atoms with Crippen molar-refractivity contribution in [1.82, 2.24) is 15.0 Å². The van der Waals surface area contributed by atoms with E-state index >= 15 is 0 Å². The van der Waals surface area contributed by atoms with Crippen molar-refractivity contribution >= 4 is 60.3 Å². The third-order valence-electron chi connectivity index (χ3n) is 4.78. The van der Waals surface area contributed by atoms with Gasteiger partial charge in [0.05, 0.1) is 9.72 Å². The molecule has 5 rings (SSSR count). The number of halogens is 1. The van der Waals surface area contributed by atoms with Crippen LogP contribution in [0.4, 0.5) is 5.82 Å². The first kappa shape index (κ1) is 18.9. The summed E-state index contributed by atoms with van der Waals surface area (Å²) in [5.41, 5.74) is 1.90. The molecule has 148 valence electrons. The Balaban J connectivity index is 1.70. The van der Waals surface area contributed by atoms with Crippen LogP contribution in [0.25, 0.3) is 21.6 Å². The van der Waals surface area contributed by atoms with Crippen molar-refractivity contribution in [1.29, 1.82) is 0 Å². The molecular formula is C19H15ClN4O2S3. The van der Waals surface area contributed by atoms with E-state index in [0.717, 1.165) is 58.4 Å². The van der Waals surface area contributed by atoms with Crippen LogP contribution >= 0.6 is 34.3 Å². The Hall–Kier alpha value is -2.07. The topological polar surface area (TPSA) is 84.8 Å². The molecule has 0 radical (unpaired) electrons. The van der Waals surface area contributed by atoms with Crippen molar-refractivity contribution in [3.8, 4) is 11.4 Å². The van der Waals surface area contributed by atoms with Gasteiger partial charge in [-0.15, -0.1) is 22.7 Å². The van der Waals surface area contributed by atoms with E-state index in [0.29, 0.717) is 16.0 Å². The largest absolute Gasteiger partial charge is 0.272 e. The molecule has 0 amide bonds. The average molecular weight is 463 g/mol. The second kappa shape index (κ2) is 7.32. The molecule has 6 nitrogen and oxygen atoms in total. The van der Waals surface area contributed by atoms with E-state index in [2.05, 4.69) is 14.7 Å². The van der Waals surface area contributed by atoms with Gasteiger partial charge in [-0.3, -0.25) is 9.71 Å². The fourth-order valence-corrected chi connectivity index (χ4v) is 7.23. The fraction of sp³-hybridized carbons (Fsp3) is 0.211. The summed E-state index contributed by atoms with van der Waals surface area (Å²) in [5, 5.41) is 0.809. The lowest BCUT2D eigenvalue weighted by atomic mass is 9.97. The molecule has 29 heavy (non-hydrogen) atoms. The summed E-state index contributed by atoms with van der Waals surface area (Å²) in [6.07, 6.45) is 7.46. The molecule has 4 aromatic rings. The highest BCUT2D eigenvalue weighted by Gasteiger charge is 2.25. The molecule has 0 saturated carbocycles. The summed E-state index contributed by atoms with van der Waals surface area (Å²) < 4.78 is 29.2. The van der Waals surface area contributed by atoms with E-state index in [1.165, 1.54) is 10.9 Å². The van der Waals surface area contributed by atoms with E-state index in [4.69, 9.17) is 16.6 Å². The van der Waals surface area contributed by atoms with Gasteiger partial charge in [0.25, 0.3) is 10.0 Å². The van der Waals surface area contributed by atoms with Crippen molar-refractivity contribution in [2.75, 3.05) is 4.72 Å². The summed E-state index contributed by atoms with van der Waals surface area (Å²) in [4.78, 5) is 15.5. The van der Waals surface area contributed by atoms with Crippen molar-refractivity contribution < 1.29 is 8.42 Å². The van der Waals surface area contributed by atoms with E-state index < -0.39 is 10.0 Å². The van der Waals surface area contributed by atoms with E-state index in [1.807, 2.05) is 6.07 Å². The Bertz CT molecular complexity index is 1320. The van der Waals surface area contributed by atoms with Crippen LogP contribution in [0, 0.1) is 0 Å². The monoisotopic (exact) mass is 462 g/mol. The number of nitrogens with zero attached hydrogens (tertiary/aromatic N) is 3. The highest BCUT2D eigenvalue weighted by Crippen LogP contribution is 2.40. The standard InChI is InChI=1S/C19H15ClN4O2S3/c20-14-7-8-15(28-14)29(25,26)24-18-16-12-5-1-2-6-13(12)27-19(16)23-17(22-18)11-4-3-9-21-10-11/h3-4,7-10H,1-2,5-6H2,(H,22,23,24). The van der Waals surface area contributed by atoms with Gasteiger partial charge in [0.15, 0.2) is 11.6 Å². The number of thiophene rings is 2. The fourth-order valence-electron chi connectivity index (χ4n) is 3.48. The molecule has 0 aromatic carbocycles. The van der Waals surface area contributed by atoms with Crippen molar-refractivity contribution in [3.63, 3.8) is 0 Å². The average Bonchev–Trinajstić information content (AvgIpc) is 3.32. The predicted octanol–water partition coefficient (Wildman–Crippen LogP) is 5.15. The number of anilines is 1. The summed E-state index contributed by atoms with van der Waals surface area (Å²) in [5.74, 6) is 0.767. The van der Waals surface area contributed by atoms with Crippen LogP contribution < -0.4 is 4.72 Å².